The molecule has 0 unspecified atom stereocenters. The van der Waals surface area contributed by atoms with Crippen LogP contribution in [0.5, 0.6) is 11.5 Å². The molecule has 2 rings (SSSR count). The number of nitrogens with one attached hydrogen (secondary N) is 1. The summed E-state index contributed by atoms with van der Waals surface area (Å²) >= 11 is 0. The van der Waals surface area contributed by atoms with Crippen LogP contribution in [0.2, 0.25) is 0 Å². The zero-order valence-corrected chi connectivity index (χ0v) is 14.8. The first-order chi connectivity index (χ1) is 11.5. The highest BCUT2D eigenvalue weighted by atomic mass is 16.5. The standard InChI is InChI=1S/C20H25NO3/c1-5-19(24-18-11-14(3)10-15(4)12-18)20(22)21-16-8-7-9-17(13-16)23-6-2/h7-13,19H,5-6H2,1-4H3,(H,21,22)/t19-/m1/s1. The molecule has 0 aliphatic heterocycles. The van der Waals surface area contributed by atoms with Crippen LogP contribution in [0.4, 0.5) is 5.69 Å². The summed E-state index contributed by atoms with van der Waals surface area (Å²) in [5.74, 6) is 1.29. The molecule has 128 valence electrons. The summed E-state index contributed by atoms with van der Waals surface area (Å²) in [6, 6.07) is 13.3. The van der Waals surface area contributed by atoms with Crippen LogP contribution in [0, 0.1) is 13.8 Å². The third kappa shape index (κ3) is 5.01. The fraction of sp³-hybridized carbons (Fsp3) is 0.350. The van der Waals surface area contributed by atoms with E-state index in [1.54, 1.807) is 0 Å². The maximum atomic E-state index is 12.5. The van der Waals surface area contributed by atoms with Crippen molar-refractivity contribution in [3.8, 4) is 11.5 Å². The number of amides is 1. The Bertz CT molecular complexity index is 677. The lowest BCUT2D eigenvalue weighted by Gasteiger charge is -2.18. The molecular weight excluding hydrogens is 302 g/mol. The van der Waals surface area contributed by atoms with Crippen LogP contribution < -0.4 is 14.8 Å². The smallest absolute Gasteiger partial charge is 0.265 e. The second-order valence-electron chi connectivity index (χ2n) is 5.79. The minimum Gasteiger partial charge on any atom is -0.494 e. The van der Waals surface area contributed by atoms with E-state index in [0.717, 1.165) is 22.6 Å². The number of aryl methyl sites for hydroxylation is 2. The van der Waals surface area contributed by atoms with Crippen LogP contribution >= 0.6 is 0 Å². The molecule has 0 aliphatic carbocycles. The number of rotatable bonds is 7. The van der Waals surface area contributed by atoms with Crippen molar-refractivity contribution in [1.82, 2.24) is 0 Å². The molecule has 4 heteroatoms. The van der Waals surface area contributed by atoms with Gasteiger partial charge in [-0.3, -0.25) is 4.79 Å². The van der Waals surface area contributed by atoms with Gasteiger partial charge in [0.05, 0.1) is 6.61 Å². The maximum absolute atomic E-state index is 12.5. The van der Waals surface area contributed by atoms with E-state index in [0.29, 0.717) is 18.7 Å². The average Bonchev–Trinajstić information content (AvgIpc) is 2.52. The third-order valence-corrected chi connectivity index (χ3v) is 3.55. The Hall–Kier alpha value is -2.49. The van der Waals surface area contributed by atoms with E-state index in [-0.39, 0.29) is 5.91 Å². The molecule has 1 N–H and O–H groups in total. The van der Waals surface area contributed by atoms with Gasteiger partial charge in [0.2, 0.25) is 0 Å². The van der Waals surface area contributed by atoms with Crippen molar-refractivity contribution in [1.29, 1.82) is 0 Å². The number of hydrogen-bond donors (Lipinski definition) is 1. The molecule has 24 heavy (non-hydrogen) atoms. The van der Waals surface area contributed by atoms with Crippen LogP contribution in [0.3, 0.4) is 0 Å². The lowest BCUT2D eigenvalue weighted by molar-refractivity contribution is -0.122. The second kappa shape index (κ2) is 8.39. The predicted octanol–water partition coefficient (Wildman–Crippen LogP) is 4.50. The largest absolute Gasteiger partial charge is 0.494 e. The minimum atomic E-state index is -0.540. The lowest BCUT2D eigenvalue weighted by Crippen LogP contribution is -2.32. The maximum Gasteiger partial charge on any atom is 0.265 e. The second-order valence-corrected chi connectivity index (χ2v) is 5.79. The molecule has 0 saturated heterocycles. The van der Waals surface area contributed by atoms with E-state index in [4.69, 9.17) is 9.47 Å². The van der Waals surface area contributed by atoms with Gasteiger partial charge >= 0.3 is 0 Å². The van der Waals surface area contributed by atoms with E-state index in [2.05, 4.69) is 11.4 Å². The van der Waals surface area contributed by atoms with Gasteiger partial charge in [0, 0.05) is 11.8 Å². The Morgan fingerprint density at radius 3 is 2.38 bits per heavy atom. The van der Waals surface area contributed by atoms with Gasteiger partial charge in [0.15, 0.2) is 6.10 Å². The van der Waals surface area contributed by atoms with Gasteiger partial charge in [-0.25, -0.2) is 0 Å². The molecule has 0 fully saturated rings. The summed E-state index contributed by atoms with van der Waals surface area (Å²) in [7, 11) is 0. The van der Waals surface area contributed by atoms with Gasteiger partial charge < -0.3 is 14.8 Å². The van der Waals surface area contributed by atoms with Crippen LogP contribution in [0.25, 0.3) is 0 Å². The van der Waals surface area contributed by atoms with Crippen molar-refractivity contribution in [2.24, 2.45) is 0 Å². The van der Waals surface area contributed by atoms with Crippen LogP contribution in [0.1, 0.15) is 31.4 Å². The van der Waals surface area contributed by atoms with Crippen molar-refractivity contribution < 1.29 is 14.3 Å². The molecule has 0 aliphatic rings. The van der Waals surface area contributed by atoms with Crippen LogP contribution in [0.15, 0.2) is 42.5 Å². The molecule has 0 spiro atoms. The Kier molecular flexibility index (Phi) is 6.24. The summed E-state index contributed by atoms with van der Waals surface area (Å²) in [4.78, 5) is 12.5. The van der Waals surface area contributed by atoms with Crippen molar-refractivity contribution in [2.75, 3.05) is 11.9 Å². The normalized spacial score (nSPS) is 11.7. The first-order valence-electron chi connectivity index (χ1n) is 8.30. The Morgan fingerprint density at radius 1 is 1.04 bits per heavy atom. The van der Waals surface area contributed by atoms with Gasteiger partial charge in [-0.1, -0.05) is 19.1 Å². The van der Waals surface area contributed by atoms with Crippen LogP contribution in [-0.4, -0.2) is 18.6 Å². The lowest BCUT2D eigenvalue weighted by atomic mass is 10.1. The highest BCUT2D eigenvalue weighted by Crippen LogP contribution is 2.21. The van der Waals surface area contributed by atoms with Crippen molar-refractivity contribution in [2.45, 2.75) is 40.2 Å². The number of hydrogen-bond acceptors (Lipinski definition) is 3. The molecule has 0 bridgehead atoms. The molecular formula is C20H25NO3. The molecule has 4 nitrogen and oxygen atoms in total. The van der Waals surface area contributed by atoms with E-state index in [1.807, 2.05) is 64.1 Å². The van der Waals surface area contributed by atoms with Crippen molar-refractivity contribution in [3.63, 3.8) is 0 Å². The number of ether oxygens (including phenoxy) is 2. The molecule has 1 atom stereocenters. The molecule has 0 aromatic heterocycles. The Labute approximate surface area is 143 Å². The highest BCUT2D eigenvalue weighted by molar-refractivity contribution is 5.94. The van der Waals surface area contributed by atoms with Crippen LogP contribution in [-0.2, 0) is 4.79 Å². The summed E-state index contributed by atoms with van der Waals surface area (Å²) in [6.45, 7) is 8.48. The van der Waals surface area contributed by atoms with Gasteiger partial charge in [-0.05, 0) is 62.6 Å². The monoisotopic (exact) mass is 327 g/mol. The summed E-state index contributed by atoms with van der Waals surface area (Å²) in [6.07, 6.45) is 0.0474. The first-order valence-corrected chi connectivity index (χ1v) is 8.30. The third-order valence-electron chi connectivity index (χ3n) is 3.55. The SMILES string of the molecule is CCOc1cccc(NC(=O)[C@@H](CC)Oc2cc(C)cc(C)c2)c1. The number of benzene rings is 2. The summed E-state index contributed by atoms with van der Waals surface area (Å²) in [5.41, 5.74) is 2.93. The topological polar surface area (TPSA) is 47.6 Å². The zero-order chi connectivity index (χ0) is 17.5. The number of carbonyl (C=O) groups is 1. The highest BCUT2D eigenvalue weighted by Gasteiger charge is 2.19. The quantitative estimate of drug-likeness (QED) is 0.814. The molecule has 2 aromatic rings. The summed E-state index contributed by atoms with van der Waals surface area (Å²) < 4.78 is 11.3. The van der Waals surface area contributed by atoms with Gasteiger partial charge in [-0.2, -0.15) is 0 Å². The fourth-order valence-electron chi connectivity index (χ4n) is 2.54. The Morgan fingerprint density at radius 2 is 1.75 bits per heavy atom. The molecule has 0 heterocycles. The minimum absolute atomic E-state index is 0.162. The molecule has 2 aromatic carbocycles. The molecule has 0 radical (unpaired) electrons. The number of carbonyl (C=O) groups excluding carboxylic acids is 1. The first kappa shape index (κ1) is 17.9. The summed E-state index contributed by atoms with van der Waals surface area (Å²) in [5, 5.41) is 2.90. The molecule has 0 saturated carbocycles. The van der Waals surface area contributed by atoms with E-state index < -0.39 is 6.10 Å². The van der Waals surface area contributed by atoms with E-state index in [9.17, 15) is 4.79 Å². The molecule has 1 amide bonds. The van der Waals surface area contributed by atoms with E-state index in [1.165, 1.54) is 0 Å². The number of anilines is 1. The van der Waals surface area contributed by atoms with Gasteiger partial charge in [0.25, 0.3) is 5.91 Å². The Balaban J connectivity index is 2.07. The predicted molar refractivity (Wildman–Crippen MR) is 96.9 cm³/mol. The van der Waals surface area contributed by atoms with Crippen molar-refractivity contribution in [3.05, 3.63) is 53.6 Å². The average molecular weight is 327 g/mol. The van der Waals surface area contributed by atoms with Gasteiger partial charge in [-0.15, -0.1) is 0 Å². The van der Waals surface area contributed by atoms with E-state index >= 15 is 0 Å². The zero-order valence-electron chi connectivity index (χ0n) is 14.8. The van der Waals surface area contributed by atoms with Crippen molar-refractivity contribution >= 4 is 11.6 Å². The fourth-order valence-corrected chi connectivity index (χ4v) is 2.54. The van der Waals surface area contributed by atoms with Gasteiger partial charge in [0.1, 0.15) is 11.5 Å².